The molecule has 4 aliphatic rings. The van der Waals surface area contributed by atoms with Crippen molar-refractivity contribution in [3.63, 3.8) is 0 Å². The molecule has 0 spiro atoms. The van der Waals surface area contributed by atoms with Crippen molar-refractivity contribution < 1.29 is 14.9 Å². The number of fused-ring (bicyclic) bond motifs is 1. The average Bonchev–Trinajstić information content (AvgIpc) is 3.13. The molecule has 1 heterocycles. The molecule has 0 bridgehead atoms. The number of methoxy groups -OCH3 is 1. The van der Waals surface area contributed by atoms with Gasteiger partial charge in [-0.05, 0) is 100.0 Å². The summed E-state index contributed by atoms with van der Waals surface area (Å²) in [5.41, 5.74) is 3.72. The van der Waals surface area contributed by atoms with Gasteiger partial charge in [-0.15, -0.1) is 0 Å². The van der Waals surface area contributed by atoms with E-state index in [0.29, 0.717) is 35.7 Å². The van der Waals surface area contributed by atoms with Gasteiger partial charge in [0, 0.05) is 20.2 Å². The van der Waals surface area contributed by atoms with E-state index in [4.69, 9.17) is 4.74 Å². The monoisotopic (exact) mass is 457 g/mol. The zero-order valence-electron chi connectivity index (χ0n) is 21.5. The maximum absolute atomic E-state index is 10.2. The van der Waals surface area contributed by atoms with E-state index in [0.717, 1.165) is 18.0 Å². The minimum Gasteiger partial charge on any atom is -0.388 e. The molecule has 4 heteroatoms. The van der Waals surface area contributed by atoms with Gasteiger partial charge in [-0.1, -0.05) is 43.7 Å². The number of hydrogen-bond donors (Lipinski definition) is 2. The zero-order valence-corrected chi connectivity index (χ0v) is 21.5. The molecule has 4 fully saturated rings. The molecule has 1 aliphatic heterocycles. The maximum atomic E-state index is 10.2. The summed E-state index contributed by atoms with van der Waals surface area (Å²) < 4.78 is 5.84. The lowest BCUT2D eigenvalue weighted by atomic mass is 9.61. The molecule has 186 valence electrons. The van der Waals surface area contributed by atoms with Crippen molar-refractivity contribution >= 4 is 0 Å². The third kappa shape index (κ3) is 5.19. The first kappa shape index (κ1) is 25.2. The van der Waals surface area contributed by atoms with Crippen molar-refractivity contribution in [3.8, 4) is 0 Å². The topological polar surface area (TPSA) is 52.9 Å². The summed E-state index contributed by atoms with van der Waals surface area (Å²) in [7, 11) is 1.87. The third-order valence-electron chi connectivity index (χ3n) is 9.80. The Morgan fingerprint density at radius 3 is 2.55 bits per heavy atom. The molecule has 33 heavy (non-hydrogen) atoms. The third-order valence-corrected chi connectivity index (χ3v) is 9.80. The fourth-order valence-electron chi connectivity index (χ4n) is 7.80. The largest absolute Gasteiger partial charge is 0.388 e. The summed E-state index contributed by atoms with van der Waals surface area (Å²) in [6.07, 6.45) is 13.4. The lowest BCUT2D eigenvalue weighted by Crippen LogP contribution is -2.49. The van der Waals surface area contributed by atoms with Crippen LogP contribution in [0, 0.1) is 23.2 Å². The summed E-state index contributed by atoms with van der Waals surface area (Å²) in [6, 6.07) is 0. The standard InChI is InChI=1S/C29H47NO3/c1-20(18-30-15-7-13-28(3,19-30)33-5)24-11-12-25-23(8-6-14-29(24,25)4)10-9-22-16-26(31)21(2)27(32)17-22/h9-10,20,24-27,31-32H,2,6-8,11-19H2,1,3-5H3/b23-10+/t20-,24-,25+,26-,27-,28?,29-/m1/s1. The lowest BCUT2D eigenvalue weighted by molar-refractivity contribution is -0.0571. The van der Waals surface area contributed by atoms with Crippen LogP contribution in [0.15, 0.2) is 35.5 Å². The summed E-state index contributed by atoms with van der Waals surface area (Å²) in [4.78, 5) is 2.66. The lowest BCUT2D eigenvalue weighted by Gasteiger charge is -2.46. The first-order chi connectivity index (χ1) is 15.6. The van der Waals surface area contributed by atoms with Crippen molar-refractivity contribution in [2.75, 3.05) is 26.7 Å². The molecule has 4 nitrogen and oxygen atoms in total. The minimum absolute atomic E-state index is 0.0148. The molecule has 3 aliphatic carbocycles. The Kier molecular flexibility index (Phi) is 7.60. The summed E-state index contributed by atoms with van der Waals surface area (Å²) >= 11 is 0. The molecular weight excluding hydrogens is 410 g/mol. The van der Waals surface area contributed by atoms with Gasteiger partial charge in [0.15, 0.2) is 0 Å². The van der Waals surface area contributed by atoms with Gasteiger partial charge < -0.3 is 19.8 Å². The molecule has 0 aromatic heterocycles. The molecule has 1 unspecified atom stereocenters. The highest BCUT2D eigenvalue weighted by molar-refractivity contribution is 5.29. The number of nitrogens with zero attached hydrogens (tertiary/aromatic N) is 1. The second kappa shape index (κ2) is 9.97. The molecule has 0 radical (unpaired) electrons. The molecule has 4 rings (SSSR count). The Morgan fingerprint density at radius 2 is 1.85 bits per heavy atom. The Hall–Kier alpha value is -0.940. The smallest absolute Gasteiger partial charge is 0.0809 e. The number of ether oxygens (including phenoxy) is 1. The van der Waals surface area contributed by atoms with Gasteiger partial charge >= 0.3 is 0 Å². The van der Waals surface area contributed by atoms with Crippen LogP contribution in [0.25, 0.3) is 0 Å². The Labute approximate surface area is 201 Å². The van der Waals surface area contributed by atoms with Crippen LogP contribution in [-0.4, -0.2) is 59.7 Å². The average molecular weight is 458 g/mol. The predicted molar refractivity (Wildman–Crippen MR) is 135 cm³/mol. The van der Waals surface area contributed by atoms with Gasteiger partial charge in [-0.25, -0.2) is 0 Å². The van der Waals surface area contributed by atoms with Crippen LogP contribution < -0.4 is 0 Å². The normalized spacial score (nSPS) is 42.4. The van der Waals surface area contributed by atoms with E-state index < -0.39 is 12.2 Å². The van der Waals surface area contributed by atoms with Crippen molar-refractivity contribution in [2.24, 2.45) is 23.2 Å². The van der Waals surface area contributed by atoms with Gasteiger partial charge in [0.1, 0.15) is 0 Å². The van der Waals surface area contributed by atoms with Gasteiger partial charge in [-0.2, -0.15) is 0 Å². The van der Waals surface area contributed by atoms with Crippen molar-refractivity contribution in [3.05, 3.63) is 35.5 Å². The number of rotatable bonds is 5. The van der Waals surface area contributed by atoms with Gasteiger partial charge in [0.2, 0.25) is 0 Å². The highest BCUT2D eigenvalue weighted by Gasteiger charge is 2.51. The van der Waals surface area contributed by atoms with Crippen LogP contribution >= 0.6 is 0 Å². The van der Waals surface area contributed by atoms with Crippen LogP contribution in [0.3, 0.4) is 0 Å². The summed E-state index contributed by atoms with van der Waals surface area (Å²) in [5, 5.41) is 20.4. The number of likely N-dealkylation sites (tertiary alicyclic amines) is 1. The Morgan fingerprint density at radius 1 is 1.12 bits per heavy atom. The van der Waals surface area contributed by atoms with Crippen LogP contribution in [0.1, 0.15) is 78.6 Å². The van der Waals surface area contributed by atoms with Crippen LogP contribution in [0.2, 0.25) is 0 Å². The van der Waals surface area contributed by atoms with Gasteiger partial charge in [-0.3, -0.25) is 0 Å². The van der Waals surface area contributed by atoms with E-state index in [2.05, 4.69) is 44.4 Å². The van der Waals surface area contributed by atoms with Gasteiger partial charge in [0.05, 0.1) is 17.8 Å². The van der Waals surface area contributed by atoms with E-state index in [1.54, 1.807) is 5.57 Å². The van der Waals surface area contributed by atoms with Crippen LogP contribution in [0.4, 0.5) is 0 Å². The molecule has 0 aromatic rings. The van der Waals surface area contributed by atoms with Gasteiger partial charge in [0.25, 0.3) is 0 Å². The summed E-state index contributed by atoms with van der Waals surface area (Å²) in [6.45, 7) is 14.6. The fourth-order valence-corrected chi connectivity index (χ4v) is 7.80. The molecule has 2 N–H and O–H groups in total. The number of aliphatic hydroxyl groups is 2. The highest BCUT2D eigenvalue weighted by Crippen LogP contribution is 2.59. The number of hydrogen-bond acceptors (Lipinski definition) is 4. The van der Waals surface area contributed by atoms with E-state index in [1.165, 1.54) is 58.0 Å². The minimum atomic E-state index is -0.610. The Balaban J connectivity index is 1.43. The second-order valence-electron chi connectivity index (χ2n) is 12.1. The first-order valence-electron chi connectivity index (χ1n) is 13.4. The van der Waals surface area contributed by atoms with E-state index >= 15 is 0 Å². The second-order valence-corrected chi connectivity index (χ2v) is 12.1. The first-order valence-corrected chi connectivity index (χ1v) is 13.4. The molecule has 3 saturated carbocycles. The molecule has 0 aromatic carbocycles. The number of aliphatic hydroxyl groups excluding tert-OH is 2. The summed E-state index contributed by atoms with van der Waals surface area (Å²) in [5.74, 6) is 2.15. The zero-order chi connectivity index (χ0) is 23.8. The van der Waals surface area contributed by atoms with Crippen molar-refractivity contribution in [2.45, 2.75) is 96.4 Å². The van der Waals surface area contributed by atoms with E-state index in [1.807, 2.05) is 7.11 Å². The van der Waals surface area contributed by atoms with E-state index in [9.17, 15) is 10.2 Å². The quantitative estimate of drug-likeness (QED) is 0.553. The molecular formula is C29H47NO3. The number of piperidine rings is 1. The predicted octanol–water partition coefficient (Wildman–Crippen LogP) is 5.26. The fraction of sp³-hybridized carbons (Fsp3) is 0.793. The highest BCUT2D eigenvalue weighted by atomic mass is 16.5. The van der Waals surface area contributed by atoms with Crippen molar-refractivity contribution in [1.29, 1.82) is 0 Å². The maximum Gasteiger partial charge on any atom is 0.0809 e. The van der Waals surface area contributed by atoms with Crippen molar-refractivity contribution in [1.82, 2.24) is 4.90 Å². The molecule has 1 saturated heterocycles. The van der Waals surface area contributed by atoms with E-state index in [-0.39, 0.29) is 5.60 Å². The molecule has 7 atom stereocenters. The number of allylic oxidation sites excluding steroid dienone is 3. The van der Waals surface area contributed by atoms with Crippen LogP contribution in [0.5, 0.6) is 0 Å². The Bertz CT molecular complexity index is 772. The van der Waals surface area contributed by atoms with Crippen LogP contribution in [-0.2, 0) is 4.74 Å². The molecule has 0 amide bonds. The SMILES string of the molecule is C=C1[C@H](O)CC(=C/C=C2\CCC[C@]3(C)[C@@H]([C@H](C)CN4CCCC(C)(OC)C4)CC[C@@H]23)C[C@H]1O.